The quantitative estimate of drug-likeness (QED) is 0.0138. The summed E-state index contributed by atoms with van der Waals surface area (Å²) in [4.78, 5) is 47.7. The van der Waals surface area contributed by atoms with Crippen molar-refractivity contribution in [3.8, 4) is 17.1 Å². The van der Waals surface area contributed by atoms with Gasteiger partial charge in [0.2, 0.25) is 35.9 Å². The number of anilines is 8. The third kappa shape index (κ3) is 27.1. The highest BCUT2D eigenvalue weighted by atomic mass is 35.5. The van der Waals surface area contributed by atoms with Crippen LogP contribution in [-0.2, 0) is 36.5 Å². The van der Waals surface area contributed by atoms with E-state index in [1.165, 1.54) is 101 Å². The van der Waals surface area contributed by atoms with Gasteiger partial charge >= 0.3 is 5.69 Å². The van der Waals surface area contributed by atoms with E-state index in [9.17, 15) is 59.5 Å². The summed E-state index contributed by atoms with van der Waals surface area (Å²) < 4.78 is 81.7. The molecule has 1 aromatic heterocycles. The Bertz CT molecular complexity index is 6040. The molecule has 0 unspecified atom stereocenters. The summed E-state index contributed by atoms with van der Waals surface area (Å²) in [5.41, 5.74) is 28.8. The fourth-order valence-electron chi connectivity index (χ4n) is 10.5. The van der Waals surface area contributed by atoms with E-state index < -0.39 is 56.7 Å². The molecule has 0 aliphatic rings. The van der Waals surface area contributed by atoms with Crippen LogP contribution in [-0.4, -0.2) is 55.7 Å². The van der Waals surface area contributed by atoms with Crippen LogP contribution >= 0.6 is 11.6 Å². The lowest BCUT2D eigenvalue weighted by Gasteiger charge is -2.12. The van der Waals surface area contributed by atoms with E-state index >= 15 is 0 Å². The molecule has 24 nitrogen and oxygen atoms in total. The fourth-order valence-corrected chi connectivity index (χ4v) is 12.2. The molecule has 1 heterocycles. The van der Waals surface area contributed by atoms with Gasteiger partial charge in [0, 0.05) is 69.4 Å². The number of halogens is 2. The number of hydrogen-bond donors (Lipinski definition) is 8. The number of para-hydroxylation sites is 8. The summed E-state index contributed by atoms with van der Waals surface area (Å²) in [5, 5.41) is 45.0. The van der Waals surface area contributed by atoms with Crippen LogP contribution in [0.3, 0.4) is 0 Å². The zero-order chi connectivity index (χ0) is 84.3. The number of imidazole rings is 1. The molecular weight excluding hydrogens is 1560 g/mol. The third-order valence-corrected chi connectivity index (χ3v) is 19.8. The van der Waals surface area contributed by atoms with Crippen LogP contribution in [0.15, 0.2) is 330 Å². The average molecular weight is 1640 g/mol. The molecule has 0 radical (unpaired) electrons. The van der Waals surface area contributed by atoms with Gasteiger partial charge in [0.1, 0.15) is 11.5 Å². The fraction of sp³-hybridized carbons (Fsp3) is 0.0690. The topological polar surface area (TPSA) is 407 Å². The normalized spacial score (nSPS) is 10.7. The predicted molar refractivity (Wildman–Crippen MR) is 459 cm³/mol. The Morgan fingerprint density at radius 1 is 0.422 bits per heavy atom. The Balaban J connectivity index is 0.000000175. The highest BCUT2D eigenvalue weighted by Crippen LogP contribution is 2.32. The Hall–Kier alpha value is -13.6. The second-order valence-corrected chi connectivity index (χ2v) is 30.8. The van der Waals surface area contributed by atoms with E-state index in [0.717, 1.165) is 91.2 Å². The van der Waals surface area contributed by atoms with E-state index in [0.29, 0.717) is 11.3 Å². The van der Waals surface area contributed by atoms with Gasteiger partial charge in [0.25, 0.3) is 10.9 Å². The number of nitrogens with two attached hydrogens (primary N) is 5. The van der Waals surface area contributed by atoms with E-state index in [-0.39, 0.29) is 38.1 Å². The molecule has 0 bridgehead atoms. The third-order valence-electron chi connectivity index (χ3n) is 16.8. The highest BCUT2D eigenvalue weighted by molar-refractivity contribution is 7.89. The lowest BCUT2D eigenvalue weighted by atomic mass is 10.0. The van der Waals surface area contributed by atoms with Crippen molar-refractivity contribution in [3.05, 3.63) is 386 Å². The van der Waals surface area contributed by atoms with Gasteiger partial charge in [-0.25, -0.2) is 45.7 Å². The second kappa shape index (κ2) is 41.3. The number of aryl methyl sites for hydroxylation is 5. The van der Waals surface area contributed by atoms with Crippen LogP contribution < -0.4 is 42.8 Å². The summed E-state index contributed by atoms with van der Waals surface area (Å²) >= 11 is 5.15. The molecule has 13 N–H and O–H groups in total. The Morgan fingerprint density at radius 2 is 0.784 bits per heavy atom. The number of carbonyl (C=O) groups excluding carboxylic acids is 2. The van der Waals surface area contributed by atoms with Gasteiger partial charge in [-0.1, -0.05) is 167 Å². The van der Waals surface area contributed by atoms with Crippen molar-refractivity contribution >= 4 is 121 Å². The summed E-state index contributed by atoms with van der Waals surface area (Å²) in [7, 11) is -11.2. The molecular formula is C87H82ClFN12O12S3. The number of nitrogens with one attached hydrogen (secondary N) is 3. The molecule has 0 aliphatic heterocycles. The first-order valence-corrected chi connectivity index (χ1v) is 40.2. The maximum atomic E-state index is 12.6. The Kier molecular flexibility index (Phi) is 31.3. The molecule has 0 spiro atoms. The number of aromatic nitrogens is 2. The van der Waals surface area contributed by atoms with Crippen molar-refractivity contribution < 1.29 is 49.1 Å². The van der Waals surface area contributed by atoms with E-state index in [4.69, 9.17) is 43.5 Å². The van der Waals surface area contributed by atoms with Gasteiger partial charge in [-0.2, -0.15) is 4.39 Å². The molecule has 0 amide bonds. The lowest BCUT2D eigenvalue weighted by Crippen LogP contribution is -2.12. The number of Topliss-reactive ketones (excluding diaryl/α,β-unsaturated/α-hetero) is 1. The molecule has 594 valence electrons. The Labute approximate surface area is 676 Å². The molecule has 0 atom stereocenters. The monoisotopic (exact) mass is 1640 g/mol. The Morgan fingerprint density at radius 3 is 1.22 bits per heavy atom. The summed E-state index contributed by atoms with van der Waals surface area (Å²) in [6, 6.07) is 91.9. The van der Waals surface area contributed by atoms with Gasteiger partial charge in [-0.15, -0.1) is 0 Å². The van der Waals surface area contributed by atoms with Gasteiger partial charge < -0.3 is 27.4 Å². The predicted octanol–water partition coefficient (Wildman–Crippen LogP) is 18.5. The minimum atomic E-state index is -3.77. The molecule has 14 aromatic rings. The molecule has 13 aromatic carbocycles. The van der Waals surface area contributed by atoms with Gasteiger partial charge in [0.15, 0.2) is 5.78 Å². The number of nitro benzene ring substituents is 2. The summed E-state index contributed by atoms with van der Waals surface area (Å²) in [5.74, 6) is -0.155. The van der Waals surface area contributed by atoms with Crippen molar-refractivity contribution in [2.45, 2.75) is 55.7 Å². The number of hydrogen-bond acceptors (Lipinski definition) is 18. The van der Waals surface area contributed by atoms with Crippen molar-refractivity contribution in [1.29, 1.82) is 0 Å². The molecule has 0 fully saturated rings. The van der Waals surface area contributed by atoms with Crippen LogP contribution in [0, 0.1) is 60.7 Å². The van der Waals surface area contributed by atoms with Gasteiger partial charge in [0.05, 0.1) is 46.9 Å². The van der Waals surface area contributed by atoms with Crippen molar-refractivity contribution in [3.63, 3.8) is 0 Å². The number of sulfonamides is 3. The van der Waals surface area contributed by atoms with Crippen LogP contribution in [0.1, 0.15) is 54.1 Å². The zero-order valence-electron chi connectivity index (χ0n) is 63.3. The number of benzene rings is 13. The molecule has 29 heteroatoms. The zero-order valence-corrected chi connectivity index (χ0v) is 66.5. The van der Waals surface area contributed by atoms with E-state index in [1.807, 2.05) is 198 Å². The maximum absolute atomic E-state index is 12.6. The number of nitrogen functional groups attached to an aromatic ring is 2. The highest BCUT2D eigenvalue weighted by Gasteiger charge is 2.19. The number of ketones is 1. The molecule has 0 aliphatic carbocycles. The van der Waals surface area contributed by atoms with E-state index in [2.05, 4.69) is 51.7 Å². The van der Waals surface area contributed by atoms with Crippen molar-refractivity contribution in [2.75, 3.05) is 27.4 Å². The maximum Gasteiger partial charge on any atom is 0.304 e. The first kappa shape index (κ1) is 88.0. The lowest BCUT2D eigenvalue weighted by molar-refractivity contribution is -0.387. The summed E-state index contributed by atoms with van der Waals surface area (Å²) in [6.07, 6.45) is 0.198. The average Bonchev–Trinajstić information content (AvgIpc) is 1.61. The van der Waals surface area contributed by atoms with Crippen LogP contribution in [0.25, 0.3) is 28.1 Å². The minimum Gasteiger partial charge on any atom is -0.399 e. The minimum absolute atomic E-state index is 0.0134. The first-order valence-electron chi connectivity index (χ1n) is 35.1. The number of fused-ring (bicyclic) bond motifs is 1. The van der Waals surface area contributed by atoms with Crippen LogP contribution in [0.2, 0.25) is 0 Å². The number of nitrogens with zero attached hydrogens (tertiary/aromatic N) is 4. The number of nitro groups is 2. The summed E-state index contributed by atoms with van der Waals surface area (Å²) in [6.45, 7) is 10.2. The number of carbonyl (C=O) groups is 2. The first-order chi connectivity index (χ1) is 55.1. The van der Waals surface area contributed by atoms with Crippen LogP contribution in [0.5, 0.6) is 0 Å². The smallest absolute Gasteiger partial charge is 0.304 e. The van der Waals surface area contributed by atoms with Gasteiger partial charge in [-0.05, 0) is 216 Å². The van der Waals surface area contributed by atoms with Crippen molar-refractivity contribution in [2.24, 2.45) is 15.4 Å². The molecule has 0 saturated carbocycles. The van der Waals surface area contributed by atoms with Gasteiger partial charge in [-0.3, -0.25) is 34.4 Å². The largest absolute Gasteiger partial charge is 0.399 e. The number of rotatable bonds is 17. The van der Waals surface area contributed by atoms with Crippen molar-refractivity contribution in [1.82, 2.24) is 9.55 Å². The number of primary sulfonamides is 3. The standard InChI is InChI=1S/C21H20N2O3S.C20H17N3O2S.C13H12N2O2.C13H14N2.C7H6ClNO3S.C7H9N.C6H4FNO2/c1-15-6-10-18(11-7-15)23-20-5-3-2-4-17(20)14-21(24)16-8-12-19(13-9-16)27(22,25)26;1-14-6-10-16(11-7-14)23-19-5-3-2-4-18(19)22-20(23)15-8-12-17(13-9-15)26(21,24)25;1-10-6-8-11(9-7-10)14-12-4-2-3-5-13(12)15(16)17;1-10-6-8-11(9-7-10)15-13-5-3-2-4-12(13)14;8-7(10)5-1-3-6(4-2-5)13(9,11)12;1-6-2-4-7(8)5-3-6;7-5-3-1-2-4-6(5)8(9)10/h2-13,23H,14H2,1H3,(H2,22,25,26);2-13H,1H3,(H2,21,24,25);2-9,14H,1H3;2-9,15H,14H2,1H3;1-4H,(H2,9,11,12);2-5H,8H2,1H3;1-4H. The molecule has 0 saturated heterocycles. The SMILES string of the molecule is Cc1ccc(-n2c(-c3ccc(S(N)(=O)=O)cc3)nc3ccccc32)cc1.Cc1ccc(N)cc1.Cc1ccc(Nc2ccccc2CC(=O)c2ccc(S(N)(=O)=O)cc2)cc1.Cc1ccc(Nc2ccccc2N)cc1.Cc1ccc(Nc2ccccc2[N+](=O)[O-])cc1.NS(=O)(=O)c1ccc(C(=O)Cl)cc1.O=[N+]([O-])c1ccccc1F. The van der Waals surface area contributed by atoms with E-state index in [1.54, 1.807) is 30.3 Å². The molecule has 116 heavy (non-hydrogen) atoms. The van der Waals surface area contributed by atoms with Crippen LogP contribution in [0.4, 0.5) is 61.3 Å². The molecule has 14 rings (SSSR count). The second-order valence-electron chi connectivity index (χ2n) is 25.8.